The largest absolute Gasteiger partial charge is 0.319 e. The number of carbonyl (C=O) groups excluding carboxylic acids is 1. The van der Waals surface area contributed by atoms with Crippen LogP contribution in [0.4, 0.5) is 5.69 Å². The van der Waals surface area contributed by atoms with Crippen LogP contribution >= 0.6 is 11.6 Å². The van der Waals surface area contributed by atoms with Crippen molar-refractivity contribution in [2.75, 3.05) is 5.32 Å². The second-order valence-electron chi connectivity index (χ2n) is 4.05. The number of halogens is 1. The minimum Gasteiger partial charge on any atom is -0.319 e. The number of anilines is 1. The number of aryl methyl sites for hydroxylation is 2. The number of amides is 1. The maximum atomic E-state index is 12.1. The maximum absolute atomic E-state index is 12.1. The predicted octanol–water partition coefficient (Wildman–Crippen LogP) is 2.51. The second-order valence-corrected chi connectivity index (χ2v) is 4.49. The number of carbonyl (C=O) groups is 1. The first kappa shape index (κ1) is 13.1. The monoisotopic (exact) mass is 274 g/mol. The van der Waals surface area contributed by atoms with Crippen LogP contribution in [0.3, 0.4) is 0 Å². The van der Waals surface area contributed by atoms with Crippen LogP contribution in [0.25, 0.3) is 0 Å². The quantitative estimate of drug-likeness (QED) is 0.915. The van der Waals surface area contributed by atoms with E-state index < -0.39 is 0 Å². The Labute approximate surface area is 115 Å². The van der Waals surface area contributed by atoms with Crippen molar-refractivity contribution in [1.82, 2.24) is 9.78 Å². The zero-order valence-corrected chi connectivity index (χ0v) is 11.2. The van der Waals surface area contributed by atoms with Crippen LogP contribution in [-0.2, 0) is 7.05 Å². The average molecular weight is 275 g/mol. The van der Waals surface area contributed by atoms with Crippen molar-refractivity contribution < 1.29 is 4.79 Å². The number of nitrogens with one attached hydrogen (secondary N) is 1. The number of hydrogen-bond donors (Lipinski definition) is 1. The Morgan fingerprint density at radius 1 is 1.47 bits per heavy atom. The topological polar surface area (TPSA) is 70.7 Å². The third-order valence-corrected chi connectivity index (χ3v) is 2.82. The molecule has 0 spiro atoms. The highest BCUT2D eigenvalue weighted by atomic mass is 35.5. The lowest BCUT2D eigenvalue weighted by molar-refractivity contribution is 0.101. The molecule has 0 aliphatic heterocycles. The van der Waals surface area contributed by atoms with Crippen LogP contribution in [-0.4, -0.2) is 15.7 Å². The summed E-state index contributed by atoms with van der Waals surface area (Å²) in [5.74, 6) is -0.332. The standard InChI is InChI=1S/C13H11ClN4O/c1-8-5-12(18(2)17-8)13(19)16-11-6-10(14)4-3-9(11)7-15/h3-6H,1-2H3,(H,16,19). The first-order chi connectivity index (χ1) is 9.01. The van der Waals surface area contributed by atoms with Crippen molar-refractivity contribution in [3.05, 3.63) is 46.2 Å². The van der Waals surface area contributed by atoms with Crippen LogP contribution in [0.2, 0.25) is 5.02 Å². The van der Waals surface area contributed by atoms with E-state index in [0.29, 0.717) is 22.0 Å². The van der Waals surface area contributed by atoms with Crippen LogP contribution in [0, 0.1) is 18.3 Å². The molecule has 0 fully saturated rings. The number of rotatable bonds is 2. The lowest BCUT2D eigenvalue weighted by Gasteiger charge is -2.07. The molecule has 1 N–H and O–H groups in total. The Morgan fingerprint density at radius 3 is 2.79 bits per heavy atom. The lowest BCUT2D eigenvalue weighted by Crippen LogP contribution is -2.16. The highest BCUT2D eigenvalue weighted by Crippen LogP contribution is 2.21. The molecule has 2 rings (SSSR count). The first-order valence-corrected chi connectivity index (χ1v) is 5.90. The van der Waals surface area contributed by atoms with Gasteiger partial charge in [-0.15, -0.1) is 0 Å². The minimum atomic E-state index is -0.332. The third kappa shape index (κ3) is 2.75. The highest BCUT2D eigenvalue weighted by Gasteiger charge is 2.14. The Balaban J connectivity index is 2.32. The van der Waals surface area contributed by atoms with Crippen LogP contribution in [0.15, 0.2) is 24.3 Å². The molecule has 1 amide bonds. The van der Waals surface area contributed by atoms with Gasteiger partial charge in [0.05, 0.1) is 16.9 Å². The molecule has 0 aliphatic carbocycles. The van der Waals surface area contributed by atoms with E-state index in [4.69, 9.17) is 16.9 Å². The number of nitrogens with zero attached hydrogens (tertiary/aromatic N) is 3. The molecule has 5 nitrogen and oxygen atoms in total. The Bertz CT molecular complexity index is 684. The molecule has 0 aliphatic rings. The van der Waals surface area contributed by atoms with E-state index in [2.05, 4.69) is 10.4 Å². The van der Waals surface area contributed by atoms with Gasteiger partial charge in [0.25, 0.3) is 5.91 Å². The minimum absolute atomic E-state index is 0.332. The lowest BCUT2D eigenvalue weighted by atomic mass is 10.2. The summed E-state index contributed by atoms with van der Waals surface area (Å²) < 4.78 is 1.49. The van der Waals surface area contributed by atoms with Gasteiger partial charge in [-0.2, -0.15) is 10.4 Å². The molecule has 0 unspecified atom stereocenters. The highest BCUT2D eigenvalue weighted by molar-refractivity contribution is 6.31. The summed E-state index contributed by atoms with van der Waals surface area (Å²) in [7, 11) is 1.69. The van der Waals surface area contributed by atoms with Gasteiger partial charge in [-0.05, 0) is 31.2 Å². The number of benzene rings is 1. The predicted molar refractivity (Wildman–Crippen MR) is 72.1 cm³/mol. The van der Waals surface area contributed by atoms with Gasteiger partial charge in [0.2, 0.25) is 0 Å². The molecule has 2 aromatic rings. The Hall–Kier alpha value is -2.32. The molecule has 96 valence electrons. The molecule has 1 aromatic heterocycles. The summed E-state index contributed by atoms with van der Waals surface area (Å²) in [6.07, 6.45) is 0. The van der Waals surface area contributed by atoms with Gasteiger partial charge in [0, 0.05) is 12.1 Å². The fourth-order valence-corrected chi connectivity index (χ4v) is 1.90. The van der Waals surface area contributed by atoms with Gasteiger partial charge < -0.3 is 5.32 Å². The molecule has 0 radical (unpaired) electrons. The number of hydrogen-bond acceptors (Lipinski definition) is 3. The van der Waals surface area contributed by atoms with Gasteiger partial charge in [-0.1, -0.05) is 11.6 Å². The second kappa shape index (κ2) is 5.12. The molecular formula is C13H11ClN4O. The summed E-state index contributed by atoms with van der Waals surface area (Å²) in [6, 6.07) is 8.38. The van der Waals surface area contributed by atoms with E-state index >= 15 is 0 Å². The van der Waals surface area contributed by atoms with Crippen LogP contribution in [0.1, 0.15) is 21.7 Å². The van der Waals surface area contributed by atoms with E-state index in [9.17, 15) is 4.79 Å². The van der Waals surface area contributed by atoms with E-state index in [1.165, 1.54) is 4.68 Å². The molecule has 0 bridgehead atoms. The average Bonchev–Trinajstić information content (AvgIpc) is 2.69. The molecule has 0 saturated carbocycles. The van der Waals surface area contributed by atoms with Crippen molar-refractivity contribution in [2.24, 2.45) is 7.05 Å². The zero-order valence-electron chi connectivity index (χ0n) is 10.4. The maximum Gasteiger partial charge on any atom is 0.273 e. The summed E-state index contributed by atoms with van der Waals surface area (Å²) in [6.45, 7) is 1.80. The van der Waals surface area contributed by atoms with Gasteiger partial charge in [-0.3, -0.25) is 9.48 Å². The van der Waals surface area contributed by atoms with Crippen molar-refractivity contribution in [3.63, 3.8) is 0 Å². The van der Waals surface area contributed by atoms with E-state index in [1.54, 1.807) is 38.2 Å². The SMILES string of the molecule is Cc1cc(C(=O)Nc2cc(Cl)ccc2C#N)n(C)n1. The Morgan fingerprint density at radius 2 is 2.21 bits per heavy atom. The fourth-order valence-electron chi connectivity index (χ4n) is 1.73. The third-order valence-electron chi connectivity index (χ3n) is 2.58. The fraction of sp³-hybridized carbons (Fsp3) is 0.154. The molecule has 1 heterocycles. The van der Waals surface area contributed by atoms with Gasteiger partial charge in [0.15, 0.2) is 0 Å². The van der Waals surface area contributed by atoms with Crippen molar-refractivity contribution >= 4 is 23.2 Å². The summed E-state index contributed by atoms with van der Waals surface area (Å²) in [5, 5.41) is 16.2. The first-order valence-electron chi connectivity index (χ1n) is 5.53. The summed E-state index contributed by atoms with van der Waals surface area (Å²) in [4.78, 5) is 12.1. The molecular weight excluding hydrogens is 264 g/mol. The number of nitriles is 1. The van der Waals surface area contributed by atoms with Crippen LogP contribution < -0.4 is 5.32 Å². The number of aromatic nitrogens is 2. The van der Waals surface area contributed by atoms with Crippen LogP contribution in [0.5, 0.6) is 0 Å². The van der Waals surface area contributed by atoms with Gasteiger partial charge >= 0.3 is 0 Å². The molecule has 6 heteroatoms. The molecule has 0 atom stereocenters. The molecule has 1 aromatic carbocycles. The summed E-state index contributed by atoms with van der Waals surface area (Å²) in [5.41, 5.74) is 1.91. The van der Waals surface area contributed by atoms with E-state index in [0.717, 1.165) is 5.69 Å². The smallest absolute Gasteiger partial charge is 0.273 e. The van der Waals surface area contributed by atoms with Gasteiger partial charge in [0.1, 0.15) is 11.8 Å². The van der Waals surface area contributed by atoms with Gasteiger partial charge in [-0.25, -0.2) is 0 Å². The van der Waals surface area contributed by atoms with E-state index in [1.807, 2.05) is 6.07 Å². The van der Waals surface area contributed by atoms with Crippen molar-refractivity contribution in [3.8, 4) is 6.07 Å². The molecule has 0 saturated heterocycles. The van der Waals surface area contributed by atoms with E-state index in [-0.39, 0.29) is 5.91 Å². The zero-order chi connectivity index (χ0) is 14.0. The normalized spacial score (nSPS) is 10.0. The van der Waals surface area contributed by atoms with Crippen molar-refractivity contribution in [2.45, 2.75) is 6.92 Å². The Kier molecular flexibility index (Phi) is 3.54. The van der Waals surface area contributed by atoms with Crippen molar-refractivity contribution in [1.29, 1.82) is 5.26 Å². The summed E-state index contributed by atoms with van der Waals surface area (Å²) >= 11 is 5.86. The molecule has 19 heavy (non-hydrogen) atoms.